The van der Waals surface area contributed by atoms with E-state index in [-0.39, 0.29) is 18.4 Å². The first-order chi connectivity index (χ1) is 12.2. The van der Waals surface area contributed by atoms with Crippen LogP contribution in [0.3, 0.4) is 0 Å². The summed E-state index contributed by atoms with van der Waals surface area (Å²) in [6.07, 6.45) is 6.27. The number of nitrogens with one attached hydrogen (secondary N) is 2. The number of piperidine rings is 2. The summed E-state index contributed by atoms with van der Waals surface area (Å²) in [5, 5.41) is 5.85. The van der Waals surface area contributed by atoms with Crippen LogP contribution in [0.1, 0.15) is 42.5 Å². The summed E-state index contributed by atoms with van der Waals surface area (Å²) in [5.41, 5.74) is 1.13. The third kappa shape index (κ3) is 3.49. The minimum atomic E-state index is -0.190. The molecule has 2 fully saturated rings. The molecule has 2 saturated heterocycles. The second-order valence-electron chi connectivity index (χ2n) is 7.26. The van der Waals surface area contributed by atoms with Crippen LogP contribution in [0, 0.1) is 5.92 Å². The number of nitrogens with zero attached hydrogens (tertiary/aromatic N) is 1. The zero-order chi connectivity index (χ0) is 17.2. The molecule has 2 atom stereocenters. The molecule has 6 heteroatoms. The van der Waals surface area contributed by atoms with Crippen molar-refractivity contribution in [3.63, 3.8) is 0 Å². The molecule has 2 amide bonds. The van der Waals surface area contributed by atoms with E-state index in [1.54, 1.807) is 18.2 Å². The zero-order valence-corrected chi connectivity index (χ0v) is 14.4. The van der Waals surface area contributed by atoms with Crippen molar-refractivity contribution in [2.75, 3.05) is 31.6 Å². The highest BCUT2D eigenvalue weighted by Gasteiger charge is 2.33. The number of hydrogen-bond acceptors (Lipinski definition) is 4. The Morgan fingerprint density at radius 3 is 3.04 bits per heavy atom. The van der Waals surface area contributed by atoms with Gasteiger partial charge in [-0.2, -0.15) is 0 Å². The number of rotatable bonds is 3. The molecular formula is C19H25N3O3. The van der Waals surface area contributed by atoms with E-state index in [1.165, 1.54) is 45.2 Å². The van der Waals surface area contributed by atoms with Gasteiger partial charge in [0.25, 0.3) is 11.8 Å². The van der Waals surface area contributed by atoms with E-state index in [4.69, 9.17) is 4.74 Å². The Balaban J connectivity index is 1.39. The number of amides is 2. The molecule has 25 heavy (non-hydrogen) atoms. The number of fused-ring (bicyclic) bond motifs is 2. The molecule has 2 N–H and O–H groups in total. The Kier molecular flexibility index (Phi) is 4.61. The van der Waals surface area contributed by atoms with Gasteiger partial charge >= 0.3 is 0 Å². The van der Waals surface area contributed by atoms with E-state index < -0.39 is 0 Å². The van der Waals surface area contributed by atoms with Crippen molar-refractivity contribution in [1.29, 1.82) is 0 Å². The molecule has 3 heterocycles. The van der Waals surface area contributed by atoms with E-state index >= 15 is 0 Å². The molecular weight excluding hydrogens is 318 g/mol. The average molecular weight is 343 g/mol. The topological polar surface area (TPSA) is 70.7 Å². The number of carbonyl (C=O) groups excluding carboxylic acids is 2. The van der Waals surface area contributed by atoms with Crippen LogP contribution in [-0.4, -0.2) is 49.0 Å². The molecule has 6 nitrogen and oxygen atoms in total. The van der Waals surface area contributed by atoms with Gasteiger partial charge in [0.05, 0.1) is 5.69 Å². The third-order valence-corrected chi connectivity index (χ3v) is 5.63. The Morgan fingerprint density at radius 1 is 1.24 bits per heavy atom. The lowest BCUT2D eigenvalue weighted by Crippen LogP contribution is -2.51. The van der Waals surface area contributed by atoms with Gasteiger partial charge in [-0.05, 0) is 62.9 Å². The molecule has 0 aliphatic carbocycles. The fraction of sp³-hybridized carbons (Fsp3) is 0.579. The minimum Gasteiger partial charge on any atom is -0.482 e. The number of ether oxygens (including phenoxy) is 1. The normalized spacial score (nSPS) is 26.0. The summed E-state index contributed by atoms with van der Waals surface area (Å²) in [6, 6.07) is 5.81. The van der Waals surface area contributed by atoms with Gasteiger partial charge in [-0.1, -0.05) is 6.42 Å². The minimum absolute atomic E-state index is 0.0259. The lowest BCUT2D eigenvalue weighted by molar-refractivity contribution is -0.118. The van der Waals surface area contributed by atoms with Crippen LogP contribution in [0.25, 0.3) is 0 Å². The summed E-state index contributed by atoms with van der Waals surface area (Å²) in [6.45, 7) is 3.16. The SMILES string of the molecule is O=C1COc2ccc(C(=O)NCC3CCCN4CCCCC34)cc2N1. The molecule has 3 aliphatic heterocycles. The fourth-order valence-corrected chi connectivity index (χ4v) is 4.37. The largest absolute Gasteiger partial charge is 0.482 e. The molecule has 1 aromatic rings. The van der Waals surface area contributed by atoms with Crippen LogP contribution in [0.2, 0.25) is 0 Å². The van der Waals surface area contributed by atoms with Crippen LogP contribution in [0.15, 0.2) is 18.2 Å². The first kappa shape index (κ1) is 16.4. The summed E-state index contributed by atoms with van der Waals surface area (Å²) in [4.78, 5) is 26.6. The Labute approximate surface area is 147 Å². The van der Waals surface area contributed by atoms with Gasteiger partial charge in [0, 0.05) is 18.2 Å². The van der Waals surface area contributed by atoms with E-state index in [0.717, 1.165) is 6.54 Å². The maximum Gasteiger partial charge on any atom is 0.262 e. The van der Waals surface area contributed by atoms with Gasteiger partial charge in [-0.3, -0.25) is 9.59 Å². The van der Waals surface area contributed by atoms with Gasteiger partial charge in [0.15, 0.2) is 6.61 Å². The second-order valence-corrected chi connectivity index (χ2v) is 7.26. The van der Waals surface area contributed by atoms with Gasteiger partial charge in [0.2, 0.25) is 0 Å². The van der Waals surface area contributed by atoms with E-state index in [0.29, 0.717) is 29.0 Å². The summed E-state index contributed by atoms with van der Waals surface area (Å²) in [5.74, 6) is 0.875. The van der Waals surface area contributed by atoms with Crippen molar-refractivity contribution in [3.05, 3.63) is 23.8 Å². The maximum atomic E-state index is 12.5. The number of benzene rings is 1. The first-order valence-corrected chi connectivity index (χ1v) is 9.29. The molecule has 0 bridgehead atoms. The molecule has 2 unspecified atom stereocenters. The van der Waals surface area contributed by atoms with Gasteiger partial charge in [-0.25, -0.2) is 0 Å². The highest BCUT2D eigenvalue weighted by Crippen LogP contribution is 2.31. The lowest BCUT2D eigenvalue weighted by atomic mass is 9.83. The highest BCUT2D eigenvalue weighted by atomic mass is 16.5. The first-order valence-electron chi connectivity index (χ1n) is 9.29. The van der Waals surface area contributed by atoms with Crippen molar-refractivity contribution in [2.45, 2.75) is 38.1 Å². The van der Waals surface area contributed by atoms with Crippen molar-refractivity contribution in [2.24, 2.45) is 5.92 Å². The predicted molar refractivity (Wildman–Crippen MR) is 94.8 cm³/mol. The zero-order valence-electron chi connectivity index (χ0n) is 14.4. The van der Waals surface area contributed by atoms with Crippen LogP contribution < -0.4 is 15.4 Å². The molecule has 0 spiro atoms. The standard InChI is InChI=1S/C19H25N3O3/c23-18-12-25-17-7-6-13(10-15(17)21-18)19(24)20-11-14-4-3-9-22-8-2-1-5-16(14)22/h6-7,10,14,16H,1-5,8-9,11-12H2,(H,20,24)(H,21,23). The Morgan fingerprint density at radius 2 is 2.12 bits per heavy atom. The highest BCUT2D eigenvalue weighted by molar-refractivity contribution is 5.99. The average Bonchev–Trinajstić information content (AvgIpc) is 2.65. The molecule has 4 rings (SSSR count). The van der Waals surface area contributed by atoms with Crippen LogP contribution in [0.5, 0.6) is 5.75 Å². The second kappa shape index (κ2) is 7.04. The Hall–Kier alpha value is -2.08. The van der Waals surface area contributed by atoms with Crippen molar-refractivity contribution < 1.29 is 14.3 Å². The maximum absolute atomic E-state index is 12.5. The van der Waals surface area contributed by atoms with E-state index in [9.17, 15) is 9.59 Å². The smallest absolute Gasteiger partial charge is 0.262 e. The molecule has 0 saturated carbocycles. The van der Waals surface area contributed by atoms with Crippen molar-refractivity contribution in [1.82, 2.24) is 10.2 Å². The van der Waals surface area contributed by atoms with Crippen LogP contribution in [-0.2, 0) is 4.79 Å². The van der Waals surface area contributed by atoms with Gasteiger partial charge in [0.1, 0.15) is 5.75 Å². The summed E-state index contributed by atoms with van der Waals surface area (Å²) >= 11 is 0. The fourth-order valence-electron chi connectivity index (χ4n) is 4.37. The van der Waals surface area contributed by atoms with Crippen LogP contribution >= 0.6 is 0 Å². The number of anilines is 1. The quantitative estimate of drug-likeness (QED) is 0.881. The van der Waals surface area contributed by atoms with Gasteiger partial charge < -0.3 is 20.3 Å². The van der Waals surface area contributed by atoms with E-state index in [2.05, 4.69) is 15.5 Å². The summed E-state index contributed by atoms with van der Waals surface area (Å²) < 4.78 is 5.34. The monoisotopic (exact) mass is 343 g/mol. The molecule has 0 aromatic heterocycles. The van der Waals surface area contributed by atoms with Crippen LogP contribution in [0.4, 0.5) is 5.69 Å². The number of carbonyl (C=O) groups is 2. The van der Waals surface area contributed by atoms with Gasteiger partial charge in [-0.15, -0.1) is 0 Å². The van der Waals surface area contributed by atoms with Crippen molar-refractivity contribution in [3.8, 4) is 5.75 Å². The third-order valence-electron chi connectivity index (χ3n) is 5.63. The predicted octanol–water partition coefficient (Wildman–Crippen LogP) is 2.01. The van der Waals surface area contributed by atoms with E-state index in [1.807, 2.05) is 0 Å². The number of hydrogen-bond donors (Lipinski definition) is 2. The molecule has 1 aromatic carbocycles. The molecule has 134 valence electrons. The molecule has 3 aliphatic rings. The molecule has 0 radical (unpaired) electrons. The summed E-state index contributed by atoms with van der Waals surface area (Å²) in [7, 11) is 0. The lowest BCUT2D eigenvalue weighted by Gasteiger charge is -2.44. The van der Waals surface area contributed by atoms with Crippen molar-refractivity contribution >= 4 is 17.5 Å². The Bertz CT molecular complexity index is 674.